The first-order valence-electron chi connectivity index (χ1n) is 3.75. The molecule has 0 radical (unpaired) electrons. The summed E-state index contributed by atoms with van der Waals surface area (Å²) in [5.41, 5.74) is 0.610. The molecule has 0 unspecified atom stereocenters. The van der Waals surface area contributed by atoms with E-state index in [4.69, 9.17) is 4.74 Å². The van der Waals surface area contributed by atoms with E-state index in [1.54, 1.807) is 18.3 Å². The van der Waals surface area contributed by atoms with Gasteiger partial charge >= 0.3 is 5.97 Å². The molecule has 0 fully saturated rings. The van der Waals surface area contributed by atoms with Gasteiger partial charge in [0.05, 0.1) is 5.39 Å². The number of carbonyl (C=O) groups is 1. The van der Waals surface area contributed by atoms with E-state index in [1.165, 1.54) is 6.92 Å². The maximum absolute atomic E-state index is 10.7. The number of ether oxygens (including phenoxy) is 1. The van der Waals surface area contributed by atoms with Gasteiger partial charge in [0, 0.05) is 13.1 Å². The lowest BCUT2D eigenvalue weighted by Gasteiger charge is -1.94. The Morgan fingerprint density at radius 2 is 2.46 bits per heavy atom. The highest BCUT2D eigenvalue weighted by Gasteiger charge is 2.07. The minimum absolute atomic E-state index is 0.274. The molecule has 0 saturated heterocycles. The van der Waals surface area contributed by atoms with Crippen LogP contribution in [0.1, 0.15) is 6.92 Å². The smallest absolute Gasteiger partial charge is 0.309 e. The van der Waals surface area contributed by atoms with Crippen LogP contribution >= 0.6 is 0 Å². The largest absolute Gasteiger partial charge is 0.405 e. The zero-order valence-electron chi connectivity index (χ0n) is 6.94. The summed E-state index contributed by atoms with van der Waals surface area (Å²) < 4.78 is 4.85. The fourth-order valence-electron chi connectivity index (χ4n) is 1.04. The minimum Gasteiger partial charge on any atom is -0.405 e. The highest BCUT2D eigenvalue weighted by Crippen LogP contribution is 2.19. The lowest BCUT2D eigenvalue weighted by Crippen LogP contribution is -2.01. The van der Waals surface area contributed by atoms with E-state index in [2.05, 4.69) is 15.2 Å². The van der Waals surface area contributed by atoms with Crippen molar-refractivity contribution in [2.75, 3.05) is 0 Å². The van der Waals surface area contributed by atoms with Crippen LogP contribution in [0.25, 0.3) is 11.0 Å². The van der Waals surface area contributed by atoms with Crippen molar-refractivity contribution in [1.82, 2.24) is 15.2 Å². The summed E-state index contributed by atoms with van der Waals surface area (Å²) in [6.07, 6.45) is 1.64. The number of fused-ring (bicyclic) bond motifs is 1. The molecule has 0 aliphatic carbocycles. The predicted octanol–water partition coefficient (Wildman–Crippen LogP) is 0.883. The van der Waals surface area contributed by atoms with Gasteiger partial charge < -0.3 is 4.74 Å². The Morgan fingerprint density at radius 1 is 1.62 bits per heavy atom. The molecule has 66 valence electrons. The quantitative estimate of drug-likeness (QED) is 0.656. The number of hydrogen-bond donors (Lipinski definition) is 1. The Balaban J connectivity index is 2.51. The lowest BCUT2D eigenvalue weighted by molar-refractivity contribution is -0.132. The Morgan fingerprint density at radius 3 is 3.23 bits per heavy atom. The molecule has 0 atom stereocenters. The molecule has 2 heterocycles. The lowest BCUT2D eigenvalue weighted by atomic mass is 10.3. The van der Waals surface area contributed by atoms with Crippen LogP contribution in [-0.4, -0.2) is 21.2 Å². The zero-order valence-corrected chi connectivity index (χ0v) is 6.94. The third-order valence-corrected chi connectivity index (χ3v) is 1.54. The van der Waals surface area contributed by atoms with Crippen LogP contribution in [0.15, 0.2) is 18.3 Å². The van der Waals surface area contributed by atoms with Gasteiger partial charge in [0.25, 0.3) is 5.88 Å². The van der Waals surface area contributed by atoms with Crippen LogP contribution in [0.2, 0.25) is 0 Å². The summed E-state index contributed by atoms with van der Waals surface area (Å²) in [7, 11) is 0. The highest BCUT2D eigenvalue weighted by molar-refractivity contribution is 5.83. The first-order chi connectivity index (χ1) is 6.27. The topological polar surface area (TPSA) is 67.9 Å². The van der Waals surface area contributed by atoms with E-state index >= 15 is 0 Å². The van der Waals surface area contributed by atoms with Gasteiger partial charge in [-0.2, -0.15) is 0 Å². The van der Waals surface area contributed by atoms with Crippen LogP contribution in [-0.2, 0) is 4.79 Å². The van der Waals surface area contributed by atoms with Crippen molar-refractivity contribution >= 4 is 17.0 Å². The fraction of sp³-hybridized carbons (Fsp3) is 0.125. The summed E-state index contributed by atoms with van der Waals surface area (Å²) in [6, 6.07) is 3.54. The van der Waals surface area contributed by atoms with Crippen LogP contribution in [0.4, 0.5) is 0 Å². The Kier molecular flexibility index (Phi) is 1.70. The molecule has 0 aliphatic heterocycles. The van der Waals surface area contributed by atoms with E-state index < -0.39 is 5.97 Å². The molecule has 2 aromatic heterocycles. The van der Waals surface area contributed by atoms with Crippen molar-refractivity contribution < 1.29 is 9.53 Å². The fourth-order valence-corrected chi connectivity index (χ4v) is 1.04. The summed E-state index contributed by atoms with van der Waals surface area (Å²) in [4.78, 5) is 14.7. The van der Waals surface area contributed by atoms with Crippen LogP contribution in [0.5, 0.6) is 5.88 Å². The monoisotopic (exact) mass is 177 g/mol. The van der Waals surface area contributed by atoms with Gasteiger partial charge in [0.2, 0.25) is 0 Å². The molecule has 2 aromatic rings. The molecule has 0 saturated carbocycles. The standard InChI is InChI=1S/C8H7N3O2/c1-5(12)13-8-6-3-2-4-9-7(6)10-11-8/h2-4H,1H3,(H,9,10,11). The van der Waals surface area contributed by atoms with E-state index in [1.807, 2.05) is 0 Å². The molecule has 0 bridgehead atoms. The van der Waals surface area contributed by atoms with Crippen LogP contribution < -0.4 is 4.74 Å². The summed E-state index contributed by atoms with van der Waals surface area (Å²) in [5.74, 6) is -0.118. The number of nitrogens with one attached hydrogen (secondary N) is 1. The van der Waals surface area contributed by atoms with Crippen molar-refractivity contribution in [2.45, 2.75) is 6.92 Å². The first-order valence-corrected chi connectivity index (χ1v) is 3.75. The van der Waals surface area contributed by atoms with Gasteiger partial charge in [-0.15, -0.1) is 5.10 Å². The zero-order chi connectivity index (χ0) is 9.26. The second-order valence-electron chi connectivity index (χ2n) is 2.52. The van der Waals surface area contributed by atoms with Gasteiger partial charge in [0.15, 0.2) is 5.65 Å². The van der Waals surface area contributed by atoms with Crippen LogP contribution in [0, 0.1) is 0 Å². The molecular weight excluding hydrogens is 170 g/mol. The Bertz CT molecular complexity index is 449. The summed E-state index contributed by atoms with van der Waals surface area (Å²) in [6.45, 7) is 1.33. The summed E-state index contributed by atoms with van der Waals surface area (Å²) in [5, 5.41) is 7.17. The van der Waals surface area contributed by atoms with Gasteiger partial charge in [0.1, 0.15) is 0 Å². The second-order valence-corrected chi connectivity index (χ2v) is 2.52. The number of aromatic nitrogens is 3. The average molecular weight is 177 g/mol. The number of H-pyrrole nitrogens is 1. The maximum Gasteiger partial charge on any atom is 0.309 e. The Labute approximate surface area is 73.7 Å². The summed E-state index contributed by atoms with van der Waals surface area (Å²) >= 11 is 0. The Hall–Kier alpha value is -1.91. The normalized spacial score (nSPS) is 10.2. The van der Waals surface area contributed by atoms with Crippen molar-refractivity contribution in [3.8, 4) is 5.88 Å². The van der Waals surface area contributed by atoms with E-state index in [-0.39, 0.29) is 5.88 Å². The molecular formula is C8H7N3O2. The third-order valence-electron chi connectivity index (χ3n) is 1.54. The number of carbonyl (C=O) groups excluding carboxylic acids is 1. The molecule has 2 rings (SSSR count). The highest BCUT2D eigenvalue weighted by atomic mass is 16.5. The molecule has 0 spiro atoms. The number of aromatic amines is 1. The number of pyridine rings is 1. The maximum atomic E-state index is 10.7. The molecule has 5 nitrogen and oxygen atoms in total. The van der Waals surface area contributed by atoms with Gasteiger partial charge in [-0.25, -0.2) is 4.98 Å². The molecule has 0 aromatic carbocycles. The number of nitrogens with zero attached hydrogens (tertiary/aromatic N) is 2. The molecule has 1 N–H and O–H groups in total. The first kappa shape index (κ1) is 7.72. The van der Waals surface area contributed by atoms with E-state index in [0.29, 0.717) is 11.0 Å². The van der Waals surface area contributed by atoms with Gasteiger partial charge in [-0.05, 0) is 12.1 Å². The number of esters is 1. The SMILES string of the molecule is CC(=O)Oc1n[nH]c2ncccc12. The number of hydrogen-bond acceptors (Lipinski definition) is 4. The van der Waals surface area contributed by atoms with Crippen molar-refractivity contribution in [2.24, 2.45) is 0 Å². The van der Waals surface area contributed by atoms with Gasteiger partial charge in [-0.1, -0.05) is 0 Å². The van der Waals surface area contributed by atoms with Crippen molar-refractivity contribution in [3.05, 3.63) is 18.3 Å². The molecule has 13 heavy (non-hydrogen) atoms. The van der Waals surface area contributed by atoms with E-state index in [9.17, 15) is 4.79 Å². The minimum atomic E-state index is -0.391. The number of rotatable bonds is 1. The second kappa shape index (κ2) is 2.85. The molecule has 0 amide bonds. The van der Waals surface area contributed by atoms with E-state index in [0.717, 1.165) is 0 Å². The third kappa shape index (κ3) is 1.35. The van der Waals surface area contributed by atoms with Crippen molar-refractivity contribution in [1.29, 1.82) is 0 Å². The molecule has 5 heteroatoms. The van der Waals surface area contributed by atoms with Crippen LogP contribution in [0.3, 0.4) is 0 Å². The predicted molar refractivity (Wildman–Crippen MR) is 45.2 cm³/mol. The van der Waals surface area contributed by atoms with Crippen molar-refractivity contribution in [3.63, 3.8) is 0 Å². The average Bonchev–Trinajstić information content (AvgIpc) is 2.48. The van der Waals surface area contributed by atoms with Gasteiger partial charge in [-0.3, -0.25) is 9.89 Å². The molecule has 0 aliphatic rings.